The molecule has 35 heavy (non-hydrogen) atoms. The van der Waals surface area contributed by atoms with Crippen LogP contribution in [-0.2, 0) is 20.5 Å². The molecule has 0 N–H and O–H groups in total. The molecule has 1 fully saturated rings. The number of rotatable bonds is 7. The van der Waals surface area contributed by atoms with Crippen LogP contribution in [0.1, 0.15) is 18.1 Å². The topological polar surface area (TPSA) is 116 Å². The Labute approximate surface area is 208 Å². The SMILES string of the molecule is CCOC(=O)CN1C(=O)S/C(=C/c2cc(Br)ccc2Oc2ccc(C(F)(F)F)cc2[N+](=O)[O-])C1=O. The maximum Gasteiger partial charge on any atom is 0.416 e. The number of carbonyl (C=O) groups is 3. The van der Waals surface area contributed by atoms with Crippen LogP contribution in [0.15, 0.2) is 45.8 Å². The zero-order valence-electron chi connectivity index (χ0n) is 17.6. The van der Waals surface area contributed by atoms with Gasteiger partial charge in [0.25, 0.3) is 11.1 Å². The first-order valence-corrected chi connectivity index (χ1v) is 11.3. The van der Waals surface area contributed by atoms with E-state index in [1.165, 1.54) is 24.3 Å². The first-order chi connectivity index (χ1) is 16.4. The molecule has 0 aliphatic carbocycles. The highest BCUT2D eigenvalue weighted by Crippen LogP contribution is 2.40. The Balaban J connectivity index is 1.96. The molecule has 9 nitrogen and oxygen atoms in total. The second-order valence-corrected chi connectivity index (χ2v) is 8.70. The van der Waals surface area contributed by atoms with Gasteiger partial charge in [0, 0.05) is 16.1 Å². The summed E-state index contributed by atoms with van der Waals surface area (Å²) in [5, 5.41) is 10.7. The molecule has 3 rings (SSSR count). The molecule has 0 radical (unpaired) electrons. The molecule has 0 spiro atoms. The minimum absolute atomic E-state index is 0.0340. The molecule has 1 aliphatic rings. The lowest BCUT2D eigenvalue weighted by atomic mass is 10.1. The van der Waals surface area contributed by atoms with Crippen LogP contribution in [-0.4, -0.2) is 40.1 Å². The Bertz CT molecular complexity index is 1250. The van der Waals surface area contributed by atoms with Crippen molar-refractivity contribution in [1.82, 2.24) is 4.90 Å². The lowest BCUT2D eigenvalue weighted by Gasteiger charge is -2.12. The van der Waals surface area contributed by atoms with Crippen molar-refractivity contribution in [3.05, 3.63) is 67.0 Å². The number of nitro benzene ring substituents is 1. The van der Waals surface area contributed by atoms with Crippen molar-refractivity contribution in [3.8, 4) is 11.5 Å². The number of thioether (sulfide) groups is 1. The third-order valence-electron chi connectivity index (χ3n) is 4.43. The maximum absolute atomic E-state index is 13.0. The summed E-state index contributed by atoms with van der Waals surface area (Å²) < 4.78 is 49.8. The van der Waals surface area contributed by atoms with Crippen molar-refractivity contribution in [3.63, 3.8) is 0 Å². The summed E-state index contributed by atoms with van der Waals surface area (Å²) in [5.74, 6) is -2.03. The zero-order chi connectivity index (χ0) is 25.9. The van der Waals surface area contributed by atoms with Crippen molar-refractivity contribution in [1.29, 1.82) is 0 Å². The number of nitro groups is 1. The van der Waals surface area contributed by atoms with Gasteiger partial charge in [-0.3, -0.25) is 29.4 Å². The van der Waals surface area contributed by atoms with E-state index in [-0.39, 0.29) is 22.8 Å². The highest BCUT2D eigenvalue weighted by atomic mass is 79.9. The highest BCUT2D eigenvalue weighted by Gasteiger charge is 2.37. The summed E-state index contributed by atoms with van der Waals surface area (Å²) in [5.41, 5.74) is -1.94. The minimum Gasteiger partial charge on any atom is -0.465 e. The Morgan fingerprint density at radius 2 is 1.89 bits per heavy atom. The molecule has 2 aromatic carbocycles. The van der Waals surface area contributed by atoms with Crippen LogP contribution in [0.2, 0.25) is 0 Å². The van der Waals surface area contributed by atoms with Crippen molar-refractivity contribution < 1.29 is 42.0 Å². The molecular formula is C21H14BrF3N2O7S. The second kappa shape index (κ2) is 10.5. The normalized spacial score (nSPS) is 15.0. The molecule has 14 heteroatoms. The molecule has 2 amide bonds. The van der Waals surface area contributed by atoms with Crippen LogP contribution in [0.5, 0.6) is 11.5 Å². The number of hydrogen-bond acceptors (Lipinski definition) is 8. The standard InChI is InChI=1S/C21H14BrF3N2O7S/c1-2-33-18(28)10-26-19(29)17(35-20(26)30)8-11-7-13(22)4-6-15(11)34-16-5-3-12(21(23,24)25)9-14(16)27(31)32/h3-9H,2,10H2,1H3/b17-8+. The number of amides is 2. The van der Waals surface area contributed by atoms with Gasteiger partial charge >= 0.3 is 17.8 Å². The van der Waals surface area contributed by atoms with Crippen LogP contribution in [0.25, 0.3) is 6.08 Å². The molecule has 0 bridgehead atoms. The van der Waals surface area contributed by atoms with Crippen LogP contribution in [0.3, 0.4) is 0 Å². The first kappa shape index (κ1) is 26.2. The number of nitrogens with zero attached hydrogens (tertiary/aromatic N) is 2. The average Bonchev–Trinajstić information content (AvgIpc) is 3.02. The van der Waals surface area contributed by atoms with Gasteiger partial charge in [-0.15, -0.1) is 0 Å². The van der Waals surface area contributed by atoms with E-state index >= 15 is 0 Å². The largest absolute Gasteiger partial charge is 0.465 e. The number of carbonyl (C=O) groups excluding carboxylic acids is 3. The third-order valence-corrected chi connectivity index (χ3v) is 5.83. The van der Waals surface area contributed by atoms with Crippen LogP contribution in [0, 0.1) is 10.1 Å². The number of esters is 1. The molecule has 2 aromatic rings. The second-order valence-electron chi connectivity index (χ2n) is 6.79. The minimum atomic E-state index is -4.79. The van der Waals surface area contributed by atoms with Crippen molar-refractivity contribution in [2.75, 3.05) is 13.2 Å². The van der Waals surface area contributed by atoms with E-state index in [0.717, 1.165) is 6.07 Å². The number of benzene rings is 2. The monoisotopic (exact) mass is 574 g/mol. The van der Waals surface area contributed by atoms with E-state index in [9.17, 15) is 37.7 Å². The van der Waals surface area contributed by atoms with Gasteiger partial charge in [-0.2, -0.15) is 13.2 Å². The summed E-state index contributed by atoms with van der Waals surface area (Å²) >= 11 is 3.80. The predicted molar refractivity (Wildman–Crippen MR) is 122 cm³/mol. The smallest absolute Gasteiger partial charge is 0.416 e. The Kier molecular flexibility index (Phi) is 7.85. The van der Waals surface area contributed by atoms with E-state index < -0.39 is 51.8 Å². The predicted octanol–water partition coefficient (Wildman–Crippen LogP) is 5.77. The molecule has 0 atom stereocenters. The molecule has 0 saturated carbocycles. The van der Waals surface area contributed by atoms with Crippen molar-refractivity contribution in [2.45, 2.75) is 13.1 Å². The number of alkyl halides is 3. The van der Waals surface area contributed by atoms with E-state index in [4.69, 9.17) is 9.47 Å². The number of imide groups is 1. The van der Waals surface area contributed by atoms with E-state index in [1.54, 1.807) is 6.92 Å². The summed E-state index contributed by atoms with van der Waals surface area (Å²) in [4.78, 5) is 47.5. The van der Waals surface area contributed by atoms with Gasteiger partial charge in [0.1, 0.15) is 12.3 Å². The van der Waals surface area contributed by atoms with Gasteiger partial charge in [-0.05, 0) is 55.1 Å². The van der Waals surface area contributed by atoms with E-state index in [0.29, 0.717) is 33.3 Å². The average molecular weight is 575 g/mol. The van der Waals surface area contributed by atoms with Crippen LogP contribution >= 0.6 is 27.7 Å². The van der Waals surface area contributed by atoms with Crippen LogP contribution < -0.4 is 4.74 Å². The number of halogens is 4. The van der Waals surface area contributed by atoms with Gasteiger partial charge in [-0.25, -0.2) is 0 Å². The first-order valence-electron chi connectivity index (χ1n) is 9.64. The molecule has 184 valence electrons. The maximum atomic E-state index is 13.0. The molecule has 0 unspecified atom stereocenters. The summed E-state index contributed by atoms with van der Waals surface area (Å²) in [6.07, 6.45) is -3.52. The van der Waals surface area contributed by atoms with Gasteiger partial charge in [0.05, 0.1) is 22.0 Å². The number of ether oxygens (including phenoxy) is 2. The Morgan fingerprint density at radius 3 is 2.51 bits per heavy atom. The van der Waals surface area contributed by atoms with E-state index in [1.807, 2.05) is 0 Å². The number of hydrogen-bond donors (Lipinski definition) is 0. The highest BCUT2D eigenvalue weighted by molar-refractivity contribution is 9.10. The van der Waals surface area contributed by atoms with Crippen LogP contribution in [0.4, 0.5) is 23.7 Å². The van der Waals surface area contributed by atoms with E-state index in [2.05, 4.69) is 15.9 Å². The molecule has 1 heterocycles. The lowest BCUT2D eigenvalue weighted by Crippen LogP contribution is -2.34. The van der Waals surface area contributed by atoms with Gasteiger partial charge in [0.2, 0.25) is 5.75 Å². The van der Waals surface area contributed by atoms with Gasteiger partial charge < -0.3 is 9.47 Å². The van der Waals surface area contributed by atoms with Gasteiger partial charge in [-0.1, -0.05) is 15.9 Å². The fourth-order valence-electron chi connectivity index (χ4n) is 2.88. The lowest BCUT2D eigenvalue weighted by molar-refractivity contribution is -0.385. The quantitative estimate of drug-likeness (QED) is 0.177. The fraction of sp³-hybridized carbons (Fsp3) is 0.190. The van der Waals surface area contributed by atoms with Crippen molar-refractivity contribution in [2.24, 2.45) is 0 Å². The van der Waals surface area contributed by atoms with Gasteiger partial charge in [0.15, 0.2) is 0 Å². The van der Waals surface area contributed by atoms with Crippen molar-refractivity contribution >= 4 is 56.6 Å². The summed E-state index contributed by atoms with van der Waals surface area (Å²) in [7, 11) is 0. The Hall–Kier alpha value is -3.39. The fourth-order valence-corrected chi connectivity index (χ4v) is 4.09. The molecule has 1 aliphatic heterocycles. The summed E-state index contributed by atoms with van der Waals surface area (Å²) in [6.45, 7) is 1.07. The molecular weight excluding hydrogens is 561 g/mol. The Morgan fingerprint density at radius 1 is 1.20 bits per heavy atom. The third kappa shape index (κ3) is 6.19. The molecule has 0 aromatic heterocycles. The zero-order valence-corrected chi connectivity index (χ0v) is 20.0. The summed E-state index contributed by atoms with van der Waals surface area (Å²) in [6, 6.07) is 6.18. The molecule has 1 saturated heterocycles.